The lowest BCUT2D eigenvalue weighted by Gasteiger charge is -2.13. The molecule has 0 aromatic heterocycles. The largest absolute Gasteiger partial charge is 0.264 e. The Balaban J connectivity index is 2.26. The van der Waals surface area contributed by atoms with Crippen LogP contribution in [0, 0.1) is 6.92 Å². The lowest BCUT2D eigenvalue weighted by Crippen LogP contribution is -2.11. The molecule has 3 heteroatoms. The third kappa shape index (κ3) is 1.83. The van der Waals surface area contributed by atoms with Gasteiger partial charge in [-0.25, -0.2) is 0 Å². The lowest BCUT2D eigenvalue weighted by molar-refractivity contribution is 0.921. The van der Waals surface area contributed by atoms with Crippen molar-refractivity contribution in [2.45, 2.75) is 13.3 Å². The fourth-order valence-electron chi connectivity index (χ4n) is 1.40. The lowest BCUT2D eigenvalue weighted by atomic mass is 10.2. The molecule has 1 aromatic carbocycles. The molecule has 0 radical (unpaired) electrons. The van der Waals surface area contributed by atoms with Crippen LogP contribution in [0.4, 0.5) is 5.69 Å². The van der Waals surface area contributed by atoms with Crippen molar-refractivity contribution in [2.75, 3.05) is 11.6 Å². The molecule has 1 aliphatic heterocycles. The summed E-state index contributed by atoms with van der Waals surface area (Å²) >= 11 is 5.80. The number of hydrazone groups is 1. The van der Waals surface area contributed by atoms with Gasteiger partial charge in [0.1, 0.15) is 5.17 Å². The highest BCUT2D eigenvalue weighted by atomic mass is 35.5. The molecule has 1 aromatic rings. The summed E-state index contributed by atoms with van der Waals surface area (Å²) in [4.78, 5) is 0. The highest BCUT2D eigenvalue weighted by Crippen LogP contribution is 2.20. The monoisotopic (exact) mass is 194 g/mol. The van der Waals surface area contributed by atoms with Gasteiger partial charge in [0, 0.05) is 13.0 Å². The average molecular weight is 195 g/mol. The average Bonchev–Trinajstić information content (AvgIpc) is 2.52. The van der Waals surface area contributed by atoms with Gasteiger partial charge >= 0.3 is 0 Å². The second kappa shape index (κ2) is 3.38. The van der Waals surface area contributed by atoms with Crippen molar-refractivity contribution in [3.63, 3.8) is 0 Å². The summed E-state index contributed by atoms with van der Waals surface area (Å²) in [7, 11) is 0. The standard InChI is InChI=1S/C10H11ClN2/c1-8-3-2-4-9(7-8)13-6-5-10(11)12-13/h2-4,7H,5-6H2,1H3. The van der Waals surface area contributed by atoms with Crippen LogP contribution in [0.5, 0.6) is 0 Å². The van der Waals surface area contributed by atoms with E-state index in [2.05, 4.69) is 24.2 Å². The van der Waals surface area contributed by atoms with Crippen LogP contribution in [0.15, 0.2) is 29.4 Å². The van der Waals surface area contributed by atoms with Crippen LogP contribution in [-0.2, 0) is 0 Å². The first-order valence-electron chi connectivity index (χ1n) is 4.33. The smallest absolute Gasteiger partial charge is 0.128 e. The molecule has 0 aliphatic carbocycles. The molecule has 0 fully saturated rings. The van der Waals surface area contributed by atoms with E-state index in [0.29, 0.717) is 5.17 Å². The first-order valence-corrected chi connectivity index (χ1v) is 4.71. The van der Waals surface area contributed by atoms with Gasteiger partial charge in [-0.15, -0.1) is 0 Å². The molecule has 0 unspecified atom stereocenters. The van der Waals surface area contributed by atoms with Gasteiger partial charge < -0.3 is 0 Å². The van der Waals surface area contributed by atoms with Crippen LogP contribution in [-0.4, -0.2) is 11.7 Å². The van der Waals surface area contributed by atoms with Crippen molar-refractivity contribution in [3.05, 3.63) is 29.8 Å². The highest BCUT2D eigenvalue weighted by Gasteiger charge is 2.13. The third-order valence-corrected chi connectivity index (χ3v) is 2.32. The van der Waals surface area contributed by atoms with Gasteiger partial charge in [0.05, 0.1) is 5.69 Å². The second-order valence-corrected chi connectivity index (χ2v) is 3.62. The number of benzene rings is 1. The fraction of sp³-hybridized carbons (Fsp3) is 0.300. The minimum Gasteiger partial charge on any atom is -0.264 e. The maximum absolute atomic E-state index is 5.80. The zero-order chi connectivity index (χ0) is 9.26. The first-order chi connectivity index (χ1) is 6.25. The molecule has 1 aliphatic rings. The number of anilines is 1. The Morgan fingerprint density at radius 3 is 2.92 bits per heavy atom. The first kappa shape index (κ1) is 8.57. The Morgan fingerprint density at radius 1 is 1.46 bits per heavy atom. The van der Waals surface area contributed by atoms with Gasteiger partial charge in [0.25, 0.3) is 0 Å². The minimum atomic E-state index is 0.696. The molecule has 13 heavy (non-hydrogen) atoms. The summed E-state index contributed by atoms with van der Waals surface area (Å²) in [5.74, 6) is 0. The highest BCUT2D eigenvalue weighted by molar-refractivity contribution is 6.65. The van der Waals surface area contributed by atoms with Crippen LogP contribution < -0.4 is 5.01 Å². The zero-order valence-electron chi connectivity index (χ0n) is 7.50. The number of halogens is 1. The van der Waals surface area contributed by atoms with Crippen molar-refractivity contribution in [2.24, 2.45) is 5.10 Å². The van der Waals surface area contributed by atoms with Gasteiger partial charge in [-0.3, -0.25) is 5.01 Å². The number of rotatable bonds is 1. The molecule has 0 saturated carbocycles. The van der Waals surface area contributed by atoms with E-state index in [9.17, 15) is 0 Å². The molecule has 0 spiro atoms. The zero-order valence-corrected chi connectivity index (χ0v) is 8.25. The van der Waals surface area contributed by atoms with Crippen LogP contribution in [0.1, 0.15) is 12.0 Å². The predicted octanol–water partition coefficient (Wildman–Crippen LogP) is 2.76. The molecule has 0 saturated heterocycles. The van der Waals surface area contributed by atoms with E-state index in [-0.39, 0.29) is 0 Å². The summed E-state index contributed by atoms with van der Waals surface area (Å²) in [6, 6.07) is 8.27. The van der Waals surface area contributed by atoms with E-state index < -0.39 is 0 Å². The molecule has 68 valence electrons. The van der Waals surface area contributed by atoms with Crippen LogP contribution >= 0.6 is 11.6 Å². The van der Waals surface area contributed by atoms with E-state index >= 15 is 0 Å². The van der Waals surface area contributed by atoms with E-state index in [4.69, 9.17) is 11.6 Å². The topological polar surface area (TPSA) is 15.6 Å². The number of aryl methyl sites for hydroxylation is 1. The number of hydrogen-bond donors (Lipinski definition) is 0. The molecule has 0 bridgehead atoms. The third-order valence-electron chi connectivity index (χ3n) is 2.06. The molecule has 2 rings (SSSR count). The van der Waals surface area contributed by atoms with Crippen molar-refractivity contribution < 1.29 is 0 Å². The molecular formula is C10H11ClN2. The van der Waals surface area contributed by atoms with E-state index in [1.54, 1.807) is 0 Å². The van der Waals surface area contributed by atoms with Gasteiger partial charge in [0.15, 0.2) is 0 Å². The molecule has 0 N–H and O–H groups in total. The maximum atomic E-state index is 5.80. The minimum absolute atomic E-state index is 0.696. The molecule has 0 atom stereocenters. The second-order valence-electron chi connectivity index (χ2n) is 3.19. The predicted molar refractivity (Wildman–Crippen MR) is 56.4 cm³/mol. The van der Waals surface area contributed by atoms with Crippen LogP contribution in [0.3, 0.4) is 0 Å². The molecular weight excluding hydrogens is 184 g/mol. The number of nitrogens with zero attached hydrogens (tertiary/aromatic N) is 2. The van der Waals surface area contributed by atoms with Crippen molar-refractivity contribution in [3.8, 4) is 0 Å². The maximum Gasteiger partial charge on any atom is 0.128 e. The summed E-state index contributed by atoms with van der Waals surface area (Å²) in [5.41, 5.74) is 2.37. The number of hydrogen-bond acceptors (Lipinski definition) is 2. The Hall–Kier alpha value is -1.02. The van der Waals surface area contributed by atoms with Crippen molar-refractivity contribution in [1.29, 1.82) is 0 Å². The molecule has 1 heterocycles. The quantitative estimate of drug-likeness (QED) is 0.671. The summed E-state index contributed by atoms with van der Waals surface area (Å²) < 4.78 is 0. The van der Waals surface area contributed by atoms with Crippen molar-refractivity contribution >= 4 is 22.5 Å². The van der Waals surface area contributed by atoms with Crippen molar-refractivity contribution in [1.82, 2.24) is 0 Å². The normalized spacial score (nSPS) is 16.2. The van der Waals surface area contributed by atoms with E-state index in [1.165, 1.54) is 5.56 Å². The molecule has 2 nitrogen and oxygen atoms in total. The fourth-order valence-corrected chi connectivity index (χ4v) is 1.58. The van der Waals surface area contributed by atoms with E-state index in [0.717, 1.165) is 18.7 Å². The summed E-state index contributed by atoms with van der Waals surface area (Å²) in [6.45, 7) is 2.97. The van der Waals surface area contributed by atoms with E-state index in [1.807, 2.05) is 17.1 Å². The summed E-state index contributed by atoms with van der Waals surface area (Å²) in [6.07, 6.45) is 0.857. The van der Waals surface area contributed by atoms with Crippen LogP contribution in [0.2, 0.25) is 0 Å². The van der Waals surface area contributed by atoms with Crippen LogP contribution in [0.25, 0.3) is 0 Å². The van der Waals surface area contributed by atoms with Gasteiger partial charge in [-0.1, -0.05) is 23.7 Å². The molecule has 0 amide bonds. The summed E-state index contributed by atoms with van der Waals surface area (Å²) in [5, 5.41) is 6.85. The van der Waals surface area contributed by atoms with Gasteiger partial charge in [0.2, 0.25) is 0 Å². The SMILES string of the molecule is Cc1cccc(N2CCC(Cl)=N2)c1. The Morgan fingerprint density at radius 2 is 2.31 bits per heavy atom. The van der Waals surface area contributed by atoms with Gasteiger partial charge in [-0.05, 0) is 24.6 Å². The Bertz CT molecular complexity index is 347. The van der Waals surface area contributed by atoms with Gasteiger partial charge in [-0.2, -0.15) is 5.10 Å². The Kier molecular flexibility index (Phi) is 2.23. The Labute approximate surface area is 82.8 Å².